The number of halogens is 1. The lowest BCUT2D eigenvalue weighted by Gasteiger charge is -2.21. The van der Waals surface area contributed by atoms with Gasteiger partial charge in [0.05, 0.1) is 17.2 Å². The molecular weight excluding hydrogens is 409 g/mol. The summed E-state index contributed by atoms with van der Waals surface area (Å²) in [6.45, 7) is 14.0. The smallest absolute Gasteiger partial charge is 0.191 e. The maximum atomic E-state index is 4.65. The molecule has 0 saturated carbocycles. The van der Waals surface area contributed by atoms with Gasteiger partial charge in [-0.3, -0.25) is 0 Å². The van der Waals surface area contributed by atoms with Gasteiger partial charge in [0.15, 0.2) is 5.96 Å². The fourth-order valence-corrected chi connectivity index (χ4v) is 2.68. The van der Waals surface area contributed by atoms with Gasteiger partial charge in [-0.2, -0.15) is 0 Å². The van der Waals surface area contributed by atoms with Crippen LogP contribution < -0.4 is 10.6 Å². The molecule has 0 aliphatic carbocycles. The van der Waals surface area contributed by atoms with Gasteiger partial charge in [0.1, 0.15) is 0 Å². The summed E-state index contributed by atoms with van der Waals surface area (Å²) in [4.78, 5) is 12.6. The summed E-state index contributed by atoms with van der Waals surface area (Å²) in [5, 5.41) is 7.78. The van der Waals surface area contributed by atoms with Crippen LogP contribution in [0.4, 0.5) is 0 Å². The van der Waals surface area contributed by atoms with E-state index in [-0.39, 0.29) is 24.0 Å². The van der Waals surface area contributed by atoms with Crippen LogP contribution in [0.5, 0.6) is 0 Å². The molecule has 128 valence electrons. The second-order valence-electron chi connectivity index (χ2n) is 5.44. The lowest BCUT2D eigenvalue weighted by atomic mass is 10.3. The van der Waals surface area contributed by atoms with E-state index in [0.717, 1.165) is 36.3 Å². The van der Waals surface area contributed by atoms with E-state index < -0.39 is 0 Å². The molecular formula is C15H30IN5S. The normalized spacial score (nSPS) is 11.7. The fourth-order valence-electron chi connectivity index (χ4n) is 1.82. The van der Waals surface area contributed by atoms with Crippen LogP contribution in [0, 0.1) is 13.8 Å². The average molecular weight is 439 g/mol. The van der Waals surface area contributed by atoms with Crippen molar-refractivity contribution < 1.29 is 0 Å². The van der Waals surface area contributed by atoms with E-state index in [1.54, 1.807) is 11.3 Å². The van der Waals surface area contributed by atoms with E-state index in [0.29, 0.717) is 12.6 Å². The van der Waals surface area contributed by atoms with E-state index in [1.807, 2.05) is 13.8 Å². The second-order valence-corrected chi connectivity index (χ2v) is 6.73. The Hall–Kier alpha value is -0.410. The third-order valence-electron chi connectivity index (χ3n) is 3.36. The van der Waals surface area contributed by atoms with Crippen molar-refractivity contribution in [3.05, 3.63) is 15.6 Å². The van der Waals surface area contributed by atoms with Crippen LogP contribution in [0.25, 0.3) is 0 Å². The largest absolute Gasteiger partial charge is 0.357 e. The number of thiazole rings is 1. The Bertz CT molecular complexity index is 459. The number of aryl methyl sites for hydroxylation is 2. The zero-order valence-corrected chi connectivity index (χ0v) is 17.7. The number of hydrogen-bond donors (Lipinski definition) is 2. The van der Waals surface area contributed by atoms with Crippen LogP contribution in [-0.4, -0.2) is 48.6 Å². The molecule has 0 atom stereocenters. The molecule has 0 aromatic carbocycles. The average Bonchev–Trinajstić information content (AvgIpc) is 2.74. The van der Waals surface area contributed by atoms with Crippen molar-refractivity contribution in [2.24, 2.45) is 4.99 Å². The molecule has 1 heterocycles. The van der Waals surface area contributed by atoms with Gasteiger partial charge in [-0.1, -0.05) is 0 Å². The molecule has 0 aliphatic heterocycles. The van der Waals surface area contributed by atoms with Crippen LogP contribution in [0.2, 0.25) is 0 Å². The number of likely N-dealkylation sites (N-methyl/N-ethyl adjacent to an activating group) is 1. The van der Waals surface area contributed by atoms with Crippen molar-refractivity contribution >= 4 is 41.3 Å². The van der Waals surface area contributed by atoms with E-state index in [2.05, 4.69) is 53.3 Å². The number of aliphatic imine (C=N–C) groups is 1. The van der Waals surface area contributed by atoms with Gasteiger partial charge in [0.2, 0.25) is 0 Å². The first-order valence-corrected chi connectivity index (χ1v) is 8.41. The Morgan fingerprint density at radius 2 is 2.00 bits per heavy atom. The summed E-state index contributed by atoms with van der Waals surface area (Å²) in [6.07, 6.45) is 0. The SMILES string of the molecule is CCNC(=NCc1sc(C)nc1C)NCCN(C)C(C)C.I. The van der Waals surface area contributed by atoms with E-state index in [1.165, 1.54) is 4.88 Å². The number of rotatable bonds is 7. The number of guanidine groups is 1. The van der Waals surface area contributed by atoms with Crippen molar-refractivity contribution in [2.45, 2.75) is 47.2 Å². The zero-order valence-electron chi connectivity index (χ0n) is 14.6. The minimum atomic E-state index is 0. The lowest BCUT2D eigenvalue weighted by molar-refractivity contribution is 0.278. The second kappa shape index (κ2) is 11.2. The summed E-state index contributed by atoms with van der Waals surface area (Å²) in [5.74, 6) is 0.875. The summed E-state index contributed by atoms with van der Waals surface area (Å²) in [7, 11) is 2.14. The van der Waals surface area contributed by atoms with Gasteiger partial charge in [-0.25, -0.2) is 9.98 Å². The first-order valence-electron chi connectivity index (χ1n) is 7.59. The van der Waals surface area contributed by atoms with Gasteiger partial charge in [-0.15, -0.1) is 35.3 Å². The highest BCUT2D eigenvalue weighted by Gasteiger charge is 2.06. The van der Waals surface area contributed by atoms with Gasteiger partial charge in [-0.05, 0) is 41.7 Å². The van der Waals surface area contributed by atoms with Crippen molar-refractivity contribution in [1.82, 2.24) is 20.5 Å². The number of hydrogen-bond acceptors (Lipinski definition) is 4. The Balaban J connectivity index is 0.00000441. The predicted molar refractivity (Wildman–Crippen MR) is 108 cm³/mol. The van der Waals surface area contributed by atoms with E-state index >= 15 is 0 Å². The highest BCUT2D eigenvalue weighted by Crippen LogP contribution is 2.17. The Labute approximate surface area is 156 Å². The van der Waals surface area contributed by atoms with Gasteiger partial charge in [0.25, 0.3) is 0 Å². The molecule has 0 aliphatic rings. The lowest BCUT2D eigenvalue weighted by Crippen LogP contribution is -2.42. The maximum Gasteiger partial charge on any atom is 0.191 e. The molecule has 1 aromatic rings. The van der Waals surface area contributed by atoms with Crippen LogP contribution in [-0.2, 0) is 6.54 Å². The third kappa shape index (κ3) is 7.73. The first kappa shape index (κ1) is 21.6. The minimum absolute atomic E-state index is 0. The maximum absolute atomic E-state index is 4.65. The van der Waals surface area contributed by atoms with Crippen LogP contribution in [0.3, 0.4) is 0 Å². The molecule has 0 fully saturated rings. The number of nitrogens with zero attached hydrogens (tertiary/aromatic N) is 3. The molecule has 0 radical (unpaired) electrons. The Morgan fingerprint density at radius 1 is 1.32 bits per heavy atom. The van der Waals surface area contributed by atoms with Crippen molar-refractivity contribution in [2.75, 3.05) is 26.7 Å². The summed E-state index contributed by atoms with van der Waals surface area (Å²) in [6, 6.07) is 0.564. The number of nitrogens with one attached hydrogen (secondary N) is 2. The van der Waals surface area contributed by atoms with Crippen molar-refractivity contribution in [3.8, 4) is 0 Å². The summed E-state index contributed by atoms with van der Waals surface area (Å²) >= 11 is 1.73. The fraction of sp³-hybridized carbons (Fsp3) is 0.733. The molecule has 0 bridgehead atoms. The molecule has 2 N–H and O–H groups in total. The molecule has 0 saturated heterocycles. The molecule has 1 aromatic heterocycles. The van der Waals surface area contributed by atoms with E-state index in [9.17, 15) is 0 Å². The minimum Gasteiger partial charge on any atom is -0.357 e. The topological polar surface area (TPSA) is 52.6 Å². The molecule has 7 heteroatoms. The summed E-state index contributed by atoms with van der Waals surface area (Å²) in [5.41, 5.74) is 1.09. The highest BCUT2D eigenvalue weighted by molar-refractivity contribution is 14.0. The van der Waals surface area contributed by atoms with Crippen LogP contribution >= 0.6 is 35.3 Å². The predicted octanol–water partition coefficient (Wildman–Crippen LogP) is 2.77. The van der Waals surface area contributed by atoms with Gasteiger partial charge >= 0.3 is 0 Å². The molecule has 1 rings (SSSR count). The Kier molecular flexibility index (Phi) is 11.0. The standard InChI is InChI=1S/C15H29N5S.HI/c1-7-16-15(17-8-9-20(6)11(2)3)18-10-14-12(4)19-13(5)21-14;/h11H,7-10H2,1-6H3,(H2,16,17,18);1H. The number of aromatic nitrogens is 1. The molecule has 0 spiro atoms. The monoisotopic (exact) mass is 439 g/mol. The summed E-state index contributed by atoms with van der Waals surface area (Å²) < 4.78 is 0. The highest BCUT2D eigenvalue weighted by atomic mass is 127. The third-order valence-corrected chi connectivity index (χ3v) is 4.42. The van der Waals surface area contributed by atoms with Crippen molar-refractivity contribution in [3.63, 3.8) is 0 Å². The molecule has 0 unspecified atom stereocenters. The van der Waals surface area contributed by atoms with E-state index in [4.69, 9.17) is 0 Å². The quantitative estimate of drug-likeness (QED) is 0.390. The first-order chi connectivity index (χ1) is 9.93. The van der Waals surface area contributed by atoms with Crippen molar-refractivity contribution in [1.29, 1.82) is 0 Å². The zero-order chi connectivity index (χ0) is 15.8. The molecule has 22 heavy (non-hydrogen) atoms. The van der Waals surface area contributed by atoms with Gasteiger partial charge < -0.3 is 15.5 Å². The van der Waals surface area contributed by atoms with Crippen LogP contribution in [0.15, 0.2) is 4.99 Å². The van der Waals surface area contributed by atoms with Gasteiger partial charge in [0, 0.05) is 30.6 Å². The van der Waals surface area contributed by atoms with Crippen LogP contribution in [0.1, 0.15) is 36.3 Å². The molecule has 5 nitrogen and oxygen atoms in total. The molecule has 0 amide bonds. The Morgan fingerprint density at radius 3 is 2.50 bits per heavy atom.